The summed E-state index contributed by atoms with van der Waals surface area (Å²) in [7, 11) is 0. The van der Waals surface area contributed by atoms with Gasteiger partial charge in [0.25, 0.3) is 0 Å². The Balaban J connectivity index is 2.37. The van der Waals surface area contributed by atoms with Gasteiger partial charge in [-0.3, -0.25) is 9.59 Å². The molecule has 0 bridgehead atoms. The van der Waals surface area contributed by atoms with Crippen molar-refractivity contribution in [1.29, 1.82) is 0 Å². The molecular weight excluding hydrogens is 303 g/mol. The second-order valence-electron chi connectivity index (χ2n) is 4.28. The molecule has 0 radical (unpaired) electrons. The van der Waals surface area contributed by atoms with Gasteiger partial charge in [0.15, 0.2) is 0 Å². The fourth-order valence-electron chi connectivity index (χ4n) is 1.70. The van der Waals surface area contributed by atoms with Gasteiger partial charge in [-0.25, -0.2) is 4.68 Å². The number of carbonyl (C=O) groups is 2. The van der Waals surface area contributed by atoms with Gasteiger partial charge in [0.05, 0.1) is 5.69 Å². The maximum absolute atomic E-state index is 12.3. The number of rotatable bonds is 4. The van der Waals surface area contributed by atoms with Gasteiger partial charge in [-0.05, 0) is 0 Å². The number of alkyl halides is 3. The SMILES string of the molecule is O=C(O)Cn1nc(-c2ccccc2)cc1NC(=O)C(F)(F)F. The quantitative estimate of drug-likeness (QED) is 0.905. The summed E-state index contributed by atoms with van der Waals surface area (Å²) in [4.78, 5) is 21.7. The molecule has 0 aliphatic rings. The van der Waals surface area contributed by atoms with E-state index < -0.39 is 24.6 Å². The van der Waals surface area contributed by atoms with Gasteiger partial charge >= 0.3 is 18.1 Å². The molecule has 2 N–H and O–H groups in total. The van der Waals surface area contributed by atoms with Crippen LogP contribution in [0, 0.1) is 0 Å². The lowest BCUT2D eigenvalue weighted by atomic mass is 10.2. The number of aromatic nitrogens is 2. The van der Waals surface area contributed by atoms with Crippen molar-refractivity contribution in [3.8, 4) is 11.3 Å². The molecule has 0 spiro atoms. The molecule has 0 saturated heterocycles. The third-order valence-electron chi connectivity index (χ3n) is 2.63. The summed E-state index contributed by atoms with van der Waals surface area (Å²) in [5.74, 6) is -3.84. The number of nitrogens with zero attached hydrogens (tertiary/aromatic N) is 2. The van der Waals surface area contributed by atoms with Crippen LogP contribution in [-0.2, 0) is 16.1 Å². The number of hydrogen-bond donors (Lipinski definition) is 2. The van der Waals surface area contributed by atoms with E-state index >= 15 is 0 Å². The Hall–Kier alpha value is -2.84. The highest BCUT2D eigenvalue weighted by Crippen LogP contribution is 2.24. The highest BCUT2D eigenvalue weighted by molar-refractivity contribution is 5.94. The molecule has 1 aromatic carbocycles. The van der Waals surface area contributed by atoms with E-state index in [4.69, 9.17) is 5.11 Å². The van der Waals surface area contributed by atoms with E-state index in [1.807, 2.05) is 0 Å². The molecule has 0 aliphatic carbocycles. The Morgan fingerprint density at radius 3 is 2.41 bits per heavy atom. The van der Waals surface area contributed by atoms with Crippen molar-refractivity contribution in [2.45, 2.75) is 12.7 Å². The minimum atomic E-state index is -5.08. The smallest absolute Gasteiger partial charge is 0.471 e. The monoisotopic (exact) mass is 313 g/mol. The van der Waals surface area contributed by atoms with E-state index in [1.54, 1.807) is 35.6 Å². The molecule has 22 heavy (non-hydrogen) atoms. The van der Waals surface area contributed by atoms with E-state index in [9.17, 15) is 22.8 Å². The molecule has 116 valence electrons. The first kappa shape index (κ1) is 15.5. The molecule has 0 fully saturated rings. The van der Waals surface area contributed by atoms with Crippen LogP contribution in [0.25, 0.3) is 11.3 Å². The largest absolute Gasteiger partial charge is 0.480 e. The Morgan fingerprint density at radius 2 is 1.86 bits per heavy atom. The molecule has 0 saturated carbocycles. The van der Waals surface area contributed by atoms with E-state index in [0.29, 0.717) is 5.56 Å². The molecule has 1 aromatic heterocycles. The minimum absolute atomic E-state index is 0.249. The van der Waals surface area contributed by atoms with Gasteiger partial charge in [0.2, 0.25) is 0 Å². The zero-order valence-corrected chi connectivity index (χ0v) is 11.0. The van der Waals surface area contributed by atoms with Gasteiger partial charge in [-0.2, -0.15) is 18.3 Å². The maximum atomic E-state index is 12.3. The van der Waals surface area contributed by atoms with E-state index in [2.05, 4.69) is 5.10 Å². The third-order valence-corrected chi connectivity index (χ3v) is 2.63. The van der Waals surface area contributed by atoms with Crippen molar-refractivity contribution >= 4 is 17.7 Å². The average Bonchev–Trinajstić information content (AvgIpc) is 2.81. The summed E-state index contributed by atoms with van der Waals surface area (Å²) in [6, 6.07) is 9.62. The summed E-state index contributed by atoms with van der Waals surface area (Å²) in [6.45, 7) is -0.680. The van der Waals surface area contributed by atoms with Gasteiger partial charge in [0, 0.05) is 11.6 Å². The first-order chi connectivity index (χ1) is 10.3. The summed E-state index contributed by atoms with van der Waals surface area (Å²) in [6.07, 6.45) is -5.08. The van der Waals surface area contributed by atoms with Crippen molar-refractivity contribution in [3.05, 3.63) is 36.4 Å². The Labute approximate surface area is 122 Å². The van der Waals surface area contributed by atoms with E-state index in [0.717, 1.165) is 4.68 Å². The van der Waals surface area contributed by atoms with Crippen LogP contribution in [0.3, 0.4) is 0 Å². The molecule has 2 rings (SSSR count). The van der Waals surface area contributed by atoms with Crippen LogP contribution in [0.15, 0.2) is 36.4 Å². The molecule has 9 heteroatoms. The first-order valence-electron chi connectivity index (χ1n) is 6.00. The predicted octanol–water partition coefficient (Wildman–Crippen LogP) is 2.14. The first-order valence-corrected chi connectivity index (χ1v) is 6.00. The number of amides is 1. The number of carbonyl (C=O) groups excluding carboxylic acids is 1. The van der Waals surface area contributed by atoms with Gasteiger partial charge in [0.1, 0.15) is 12.4 Å². The summed E-state index contributed by atoms with van der Waals surface area (Å²) >= 11 is 0. The number of carboxylic acid groups (broad SMARTS) is 1. The minimum Gasteiger partial charge on any atom is -0.480 e. The van der Waals surface area contributed by atoms with Crippen LogP contribution in [0.2, 0.25) is 0 Å². The number of benzene rings is 1. The number of halogens is 3. The number of aliphatic carboxylic acids is 1. The Kier molecular flexibility index (Phi) is 4.15. The highest BCUT2D eigenvalue weighted by atomic mass is 19.4. The fourth-order valence-corrected chi connectivity index (χ4v) is 1.70. The normalized spacial score (nSPS) is 11.2. The zero-order chi connectivity index (χ0) is 16.3. The fraction of sp³-hybridized carbons (Fsp3) is 0.154. The second-order valence-corrected chi connectivity index (χ2v) is 4.28. The lowest BCUT2D eigenvalue weighted by molar-refractivity contribution is -0.167. The van der Waals surface area contributed by atoms with Crippen molar-refractivity contribution in [1.82, 2.24) is 9.78 Å². The van der Waals surface area contributed by atoms with Crippen LogP contribution in [0.4, 0.5) is 19.0 Å². The van der Waals surface area contributed by atoms with Crippen molar-refractivity contribution in [3.63, 3.8) is 0 Å². The average molecular weight is 313 g/mol. The molecule has 6 nitrogen and oxygen atoms in total. The topological polar surface area (TPSA) is 84.2 Å². The van der Waals surface area contributed by atoms with Gasteiger partial charge < -0.3 is 10.4 Å². The predicted molar refractivity (Wildman–Crippen MR) is 70.0 cm³/mol. The number of hydrogen-bond acceptors (Lipinski definition) is 3. The molecule has 2 aromatic rings. The van der Waals surface area contributed by atoms with Gasteiger partial charge in [-0.1, -0.05) is 30.3 Å². The lowest BCUT2D eigenvalue weighted by Gasteiger charge is -2.08. The van der Waals surface area contributed by atoms with Crippen molar-refractivity contribution < 1.29 is 27.9 Å². The summed E-state index contributed by atoms with van der Waals surface area (Å²) in [5.41, 5.74) is 0.827. The van der Waals surface area contributed by atoms with Gasteiger partial charge in [-0.15, -0.1) is 0 Å². The third kappa shape index (κ3) is 3.62. The van der Waals surface area contributed by atoms with Crippen LogP contribution >= 0.6 is 0 Å². The van der Waals surface area contributed by atoms with E-state index in [-0.39, 0.29) is 11.5 Å². The van der Waals surface area contributed by atoms with E-state index in [1.165, 1.54) is 6.07 Å². The van der Waals surface area contributed by atoms with Crippen LogP contribution < -0.4 is 5.32 Å². The van der Waals surface area contributed by atoms with Crippen LogP contribution in [0.5, 0.6) is 0 Å². The Bertz CT molecular complexity index is 696. The molecule has 1 heterocycles. The molecule has 1 amide bonds. The molecular formula is C13H10F3N3O3. The standard InChI is InChI=1S/C13H10F3N3O3/c14-13(15,16)12(22)17-10-6-9(8-4-2-1-3-5-8)18-19(10)7-11(20)21/h1-6H,7H2,(H,17,22)(H,20,21). The van der Waals surface area contributed by atoms with Crippen LogP contribution in [0.1, 0.15) is 0 Å². The number of nitrogens with one attached hydrogen (secondary N) is 1. The number of carboxylic acids is 1. The zero-order valence-electron chi connectivity index (χ0n) is 11.0. The summed E-state index contributed by atoms with van der Waals surface area (Å²) < 4.78 is 37.7. The molecule has 0 atom stereocenters. The Morgan fingerprint density at radius 1 is 1.23 bits per heavy atom. The summed E-state index contributed by atoms with van der Waals surface area (Å²) in [5, 5.41) is 14.3. The highest BCUT2D eigenvalue weighted by Gasteiger charge is 2.39. The maximum Gasteiger partial charge on any atom is 0.471 e. The molecule has 0 unspecified atom stereocenters. The number of anilines is 1. The van der Waals surface area contributed by atoms with Crippen molar-refractivity contribution in [2.75, 3.05) is 5.32 Å². The van der Waals surface area contributed by atoms with Crippen molar-refractivity contribution in [2.24, 2.45) is 0 Å². The lowest BCUT2D eigenvalue weighted by Crippen LogP contribution is -2.31. The second kappa shape index (κ2) is 5.88. The molecule has 0 aliphatic heterocycles. The van der Waals surface area contributed by atoms with Crippen LogP contribution in [-0.4, -0.2) is 32.9 Å².